The minimum absolute atomic E-state index is 0.0418. The minimum atomic E-state index is 0.0418. The van der Waals surface area contributed by atoms with Crippen LogP contribution in [0.15, 0.2) is 33.7 Å². The van der Waals surface area contributed by atoms with Gasteiger partial charge in [-0.25, -0.2) is 4.79 Å². The molecule has 4 rings (SSSR count). The van der Waals surface area contributed by atoms with E-state index in [1.54, 1.807) is 11.7 Å². The van der Waals surface area contributed by atoms with Gasteiger partial charge in [-0.2, -0.15) is 0 Å². The number of halogens is 1. The molecular formula is C18H20BrN3O2. The Hall–Kier alpha value is -1.66. The van der Waals surface area contributed by atoms with E-state index in [0.29, 0.717) is 6.10 Å². The Bertz CT molecular complexity index is 968. The van der Waals surface area contributed by atoms with Crippen LogP contribution in [0.25, 0.3) is 21.9 Å². The predicted molar refractivity (Wildman–Crippen MR) is 98.5 cm³/mol. The van der Waals surface area contributed by atoms with E-state index < -0.39 is 0 Å². The van der Waals surface area contributed by atoms with Crippen molar-refractivity contribution < 1.29 is 4.74 Å². The number of benzene rings is 1. The van der Waals surface area contributed by atoms with Crippen LogP contribution >= 0.6 is 15.9 Å². The average molecular weight is 390 g/mol. The zero-order chi connectivity index (χ0) is 16.8. The molecule has 0 N–H and O–H groups in total. The lowest BCUT2D eigenvalue weighted by Crippen LogP contribution is -2.30. The summed E-state index contributed by atoms with van der Waals surface area (Å²) in [5, 5.41) is 1.02. The van der Waals surface area contributed by atoms with Gasteiger partial charge in [-0.05, 0) is 43.9 Å². The SMILES string of the molecule is COC1CCC(n2c(=O)n(C)c3cnc4ccc(Br)cc4c32)CC1. The molecule has 1 aliphatic carbocycles. The van der Waals surface area contributed by atoms with Crippen LogP contribution in [0.1, 0.15) is 31.7 Å². The molecule has 2 aromatic heterocycles. The monoisotopic (exact) mass is 389 g/mol. The molecule has 24 heavy (non-hydrogen) atoms. The first kappa shape index (κ1) is 15.8. The van der Waals surface area contributed by atoms with Gasteiger partial charge in [0.25, 0.3) is 0 Å². The van der Waals surface area contributed by atoms with Gasteiger partial charge < -0.3 is 4.74 Å². The second-order valence-electron chi connectivity index (χ2n) is 6.53. The standard InChI is InChI=1S/C18H20BrN3O2/c1-21-16-10-20-15-8-3-11(19)9-14(15)17(16)22(18(21)23)12-4-6-13(24-2)7-5-12/h3,8-10,12-13H,4-7H2,1-2H3. The Kier molecular flexibility index (Phi) is 3.96. The largest absolute Gasteiger partial charge is 0.381 e. The topological polar surface area (TPSA) is 49.0 Å². The van der Waals surface area contributed by atoms with Crippen LogP contribution in [0.3, 0.4) is 0 Å². The summed E-state index contributed by atoms with van der Waals surface area (Å²) in [5.74, 6) is 0. The summed E-state index contributed by atoms with van der Waals surface area (Å²) >= 11 is 3.54. The second-order valence-corrected chi connectivity index (χ2v) is 7.45. The van der Waals surface area contributed by atoms with E-state index in [2.05, 4.69) is 27.0 Å². The Morgan fingerprint density at radius 1 is 1.25 bits per heavy atom. The van der Waals surface area contributed by atoms with Gasteiger partial charge in [0.2, 0.25) is 0 Å². The second kappa shape index (κ2) is 6.01. The van der Waals surface area contributed by atoms with Crippen molar-refractivity contribution in [2.45, 2.75) is 37.8 Å². The van der Waals surface area contributed by atoms with Gasteiger partial charge in [-0.3, -0.25) is 14.1 Å². The number of pyridine rings is 1. The first-order chi connectivity index (χ1) is 11.6. The number of aromatic nitrogens is 3. The lowest BCUT2D eigenvalue weighted by Gasteiger charge is -2.28. The van der Waals surface area contributed by atoms with E-state index in [0.717, 1.165) is 52.1 Å². The summed E-state index contributed by atoms with van der Waals surface area (Å²) in [6.07, 6.45) is 6.06. The molecular weight excluding hydrogens is 370 g/mol. The van der Waals surface area contributed by atoms with Crippen LogP contribution in [0, 0.1) is 0 Å². The highest BCUT2D eigenvalue weighted by Crippen LogP contribution is 2.33. The van der Waals surface area contributed by atoms with Gasteiger partial charge in [0.05, 0.1) is 28.9 Å². The molecule has 3 aromatic rings. The maximum absolute atomic E-state index is 12.9. The number of imidazole rings is 1. The lowest BCUT2D eigenvalue weighted by molar-refractivity contribution is 0.0585. The Balaban J connectivity index is 1.96. The van der Waals surface area contributed by atoms with E-state index in [9.17, 15) is 4.79 Å². The third-order valence-electron chi connectivity index (χ3n) is 5.22. The number of nitrogens with zero attached hydrogens (tertiary/aromatic N) is 3. The average Bonchev–Trinajstić information content (AvgIpc) is 2.87. The predicted octanol–water partition coefficient (Wildman–Crippen LogP) is 3.78. The van der Waals surface area contributed by atoms with Crippen LogP contribution in [0.5, 0.6) is 0 Å². The Labute approximate surface area is 148 Å². The maximum Gasteiger partial charge on any atom is 0.329 e. The summed E-state index contributed by atoms with van der Waals surface area (Å²) in [6, 6.07) is 6.25. The number of aryl methyl sites for hydroxylation is 1. The molecule has 0 atom stereocenters. The normalized spacial score (nSPS) is 21.6. The first-order valence-corrected chi connectivity index (χ1v) is 9.07. The fraction of sp³-hybridized carbons (Fsp3) is 0.444. The van der Waals surface area contributed by atoms with Crippen LogP contribution < -0.4 is 5.69 Å². The Morgan fingerprint density at radius 2 is 2.00 bits per heavy atom. The van der Waals surface area contributed by atoms with E-state index in [4.69, 9.17) is 4.74 Å². The summed E-state index contributed by atoms with van der Waals surface area (Å²) in [7, 11) is 3.60. The van der Waals surface area contributed by atoms with Gasteiger partial charge >= 0.3 is 5.69 Å². The van der Waals surface area contributed by atoms with E-state index in [-0.39, 0.29) is 11.7 Å². The molecule has 0 saturated heterocycles. The van der Waals surface area contributed by atoms with E-state index >= 15 is 0 Å². The van der Waals surface area contributed by atoms with Gasteiger partial charge in [-0.15, -0.1) is 0 Å². The highest BCUT2D eigenvalue weighted by Gasteiger charge is 2.26. The molecule has 5 nitrogen and oxygen atoms in total. The first-order valence-electron chi connectivity index (χ1n) is 8.28. The van der Waals surface area contributed by atoms with Crippen LogP contribution in [-0.2, 0) is 11.8 Å². The fourth-order valence-electron chi connectivity index (χ4n) is 3.88. The zero-order valence-electron chi connectivity index (χ0n) is 13.8. The molecule has 1 fully saturated rings. The molecule has 126 valence electrons. The van der Waals surface area contributed by atoms with Gasteiger partial charge in [0, 0.05) is 30.1 Å². The van der Waals surface area contributed by atoms with Gasteiger partial charge in [0.1, 0.15) is 0 Å². The van der Waals surface area contributed by atoms with E-state index in [1.165, 1.54) is 0 Å². The zero-order valence-corrected chi connectivity index (χ0v) is 15.4. The molecule has 6 heteroatoms. The summed E-state index contributed by atoms with van der Waals surface area (Å²) in [4.78, 5) is 17.4. The highest BCUT2D eigenvalue weighted by atomic mass is 79.9. The van der Waals surface area contributed by atoms with Crippen molar-refractivity contribution in [3.8, 4) is 0 Å². The Morgan fingerprint density at radius 3 is 2.71 bits per heavy atom. The number of rotatable bonds is 2. The van der Waals surface area contributed by atoms with Crippen molar-refractivity contribution in [1.29, 1.82) is 0 Å². The minimum Gasteiger partial charge on any atom is -0.381 e. The number of fused-ring (bicyclic) bond motifs is 3. The smallest absolute Gasteiger partial charge is 0.329 e. The van der Waals surface area contributed by atoms with Crippen molar-refractivity contribution in [2.24, 2.45) is 7.05 Å². The third kappa shape index (κ3) is 2.40. The van der Waals surface area contributed by atoms with Crippen molar-refractivity contribution in [2.75, 3.05) is 7.11 Å². The van der Waals surface area contributed by atoms with Gasteiger partial charge in [-0.1, -0.05) is 15.9 Å². The fourth-order valence-corrected chi connectivity index (χ4v) is 4.24. The quantitative estimate of drug-likeness (QED) is 0.669. The summed E-state index contributed by atoms with van der Waals surface area (Å²) in [6.45, 7) is 0. The van der Waals surface area contributed by atoms with Crippen molar-refractivity contribution in [1.82, 2.24) is 14.1 Å². The number of ether oxygens (including phenoxy) is 1. The molecule has 0 bridgehead atoms. The molecule has 0 amide bonds. The molecule has 0 aliphatic heterocycles. The van der Waals surface area contributed by atoms with Crippen LogP contribution in [-0.4, -0.2) is 27.3 Å². The van der Waals surface area contributed by atoms with E-state index in [1.807, 2.05) is 29.9 Å². The molecule has 1 aromatic carbocycles. The van der Waals surface area contributed by atoms with Crippen molar-refractivity contribution >= 4 is 37.9 Å². The maximum atomic E-state index is 12.9. The molecule has 1 aliphatic rings. The number of hydrogen-bond donors (Lipinski definition) is 0. The molecule has 0 unspecified atom stereocenters. The lowest BCUT2D eigenvalue weighted by atomic mass is 9.92. The van der Waals surface area contributed by atoms with Crippen LogP contribution in [0.2, 0.25) is 0 Å². The summed E-state index contributed by atoms with van der Waals surface area (Å²) in [5.41, 5.74) is 2.84. The van der Waals surface area contributed by atoms with Gasteiger partial charge in [0.15, 0.2) is 0 Å². The summed E-state index contributed by atoms with van der Waals surface area (Å²) < 4.78 is 10.2. The highest BCUT2D eigenvalue weighted by molar-refractivity contribution is 9.10. The molecule has 0 spiro atoms. The van der Waals surface area contributed by atoms with Crippen molar-refractivity contribution in [3.63, 3.8) is 0 Å². The number of methoxy groups -OCH3 is 1. The molecule has 0 radical (unpaired) electrons. The molecule has 1 saturated carbocycles. The van der Waals surface area contributed by atoms with Crippen LogP contribution in [0.4, 0.5) is 0 Å². The number of hydrogen-bond acceptors (Lipinski definition) is 3. The third-order valence-corrected chi connectivity index (χ3v) is 5.71. The molecule has 2 heterocycles. The van der Waals surface area contributed by atoms with Crippen molar-refractivity contribution in [3.05, 3.63) is 39.4 Å².